The number of nitrogens with one attached hydrogen (secondary N) is 1. The number of carbonyl (C=O) groups is 1. The highest BCUT2D eigenvalue weighted by molar-refractivity contribution is 5.75. The molecule has 162 valence electrons. The molecule has 2 aromatic rings. The Morgan fingerprint density at radius 3 is 2.77 bits per heavy atom. The Balaban J connectivity index is 1.77. The summed E-state index contributed by atoms with van der Waals surface area (Å²) in [5.74, 6) is 0.571. The molecule has 0 saturated carbocycles. The van der Waals surface area contributed by atoms with Crippen LogP contribution in [0.3, 0.4) is 0 Å². The summed E-state index contributed by atoms with van der Waals surface area (Å²) in [7, 11) is 0. The SMILES string of the molecule is CCNC(=O)Cn1nc(-c2ccc(N(CC)C3COCC(C)OC3)nc2)ccc1=O. The molecular weight excluding hydrogens is 386 g/mol. The Kier molecular flexibility index (Phi) is 7.53. The van der Waals surface area contributed by atoms with Gasteiger partial charge in [0.1, 0.15) is 12.4 Å². The van der Waals surface area contributed by atoms with Crippen LogP contribution in [-0.2, 0) is 20.8 Å². The number of carbonyl (C=O) groups excluding carboxylic acids is 1. The molecule has 9 nitrogen and oxygen atoms in total. The molecule has 1 fully saturated rings. The van der Waals surface area contributed by atoms with Crippen LogP contribution in [0.25, 0.3) is 11.3 Å². The molecule has 0 aliphatic carbocycles. The Bertz CT molecular complexity index is 899. The summed E-state index contributed by atoms with van der Waals surface area (Å²) in [6.07, 6.45) is 1.81. The van der Waals surface area contributed by atoms with Gasteiger partial charge in [-0.3, -0.25) is 9.59 Å². The maximum Gasteiger partial charge on any atom is 0.267 e. The van der Waals surface area contributed by atoms with E-state index >= 15 is 0 Å². The lowest BCUT2D eigenvalue weighted by Gasteiger charge is -2.30. The molecule has 2 atom stereocenters. The molecule has 1 saturated heterocycles. The van der Waals surface area contributed by atoms with Crippen LogP contribution in [0.2, 0.25) is 0 Å². The van der Waals surface area contributed by atoms with Gasteiger partial charge >= 0.3 is 0 Å². The minimum absolute atomic E-state index is 0.0882. The number of likely N-dealkylation sites (N-methyl/N-ethyl adjacent to an activating group) is 2. The van der Waals surface area contributed by atoms with E-state index in [1.807, 2.05) is 26.0 Å². The van der Waals surface area contributed by atoms with E-state index in [-0.39, 0.29) is 30.2 Å². The largest absolute Gasteiger partial charge is 0.377 e. The molecule has 0 bridgehead atoms. The fourth-order valence-electron chi connectivity index (χ4n) is 3.34. The van der Waals surface area contributed by atoms with Crippen molar-refractivity contribution in [2.45, 2.75) is 39.5 Å². The highest BCUT2D eigenvalue weighted by atomic mass is 16.5. The van der Waals surface area contributed by atoms with Crippen LogP contribution in [0.1, 0.15) is 20.8 Å². The number of anilines is 1. The summed E-state index contributed by atoms with van der Waals surface area (Å²) in [6, 6.07) is 6.98. The molecule has 3 heterocycles. The molecule has 30 heavy (non-hydrogen) atoms. The molecular formula is C21H29N5O4. The van der Waals surface area contributed by atoms with E-state index in [4.69, 9.17) is 9.47 Å². The van der Waals surface area contributed by atoms with Gasteiger partial charge in [-0.1, -0.05) is 0 Å². The third kappa shape index (κ3) is 5.43. The predicted octanol–water partition coefficient (Wildman–Crippen LogP) is 1.07. The van der Waals surface area contributed by atoms with Gasteiger partial charge in [0.2, 0.25) is 5.91 Å². The zero-order valence-corrected chi connectivity index (χ0v) is 17.7. The van der Waals surface area contributed by atoms with Gasteiger partial charge in [0, 0.05) is 30.9 Å². The Morgan fingerprint density at radius 1 is 1.23 bits per heavy atom. The third-order valence-electron chi connectivity index (χ3n) is 4.89. The summed E-state index contributed by atoms with van der Waals surface area (Å²) in [4.78, 5) is 30.6. The standard InChI is InChI=1S/C21H29N5O4/c1-4-22-20(27)11-26-21(28)9-7-18(24-26)16-6-8-19(23-10-16)25(5-2)17-13-29-12-15(3)30-14-17/h6-10,15,17H,4-5,11-14H2,1-3H3,(H,22,27). The summed E-state index contributed by atoms with van der Waals surface area (Å²) in [5.41, 5.74) is 1.02. The average Bonchev–Trinajstić information content (AvgIpc) is 2.95. The van der Waals surface area contributed by atoms with Crippen molar-refractivity contribution in [3.63, 3.8) is 0 Å². The lowest BCUT2D eigenvalue weighted by molar-refractivity contribution is -0.121. The van der Waals surface area contributed by atoms with Gasteiger partial charge in [-0.25, -0.2) is 9.67 Å². The van der Waals surface area contributed by atoms with Crippen LogP contribution in [0.15, 0.2) is 35.3 Å². The van der Waals surface area contributed by atoms with Crippen LogP contribution in [-0.4, -0.2) is 65.7 Å². The van der Waals surface area contributed by atoms with Crippen LogP contribution >= 0.6 is 0 Å². The fourth-order valence-corrected chi connectivity index (χ4v) is 3.34. The van der Waals surface area contributed by atoms with Gasteiger partial charge in [0.15, 0.2) is 0 Å². The first-order valence-corrected chi connectivity index (χ1v) is 10.3. The van der Waals surface area contributed by atoms with Crippen molar-refractivity contribution in [2.75, 3.05) is 37.8 Å². The monoisotopic (exact) mass is 415 g/mol. The van der Waals surface area contributed by atoms with Gasteiger partial charge in [-0.15, -0.1) is 0 Å². The number of ether oxygens (including phenoxy) is 2. The second-order valence-electron chi connectivity index (χ2n) is 7.19. The molecule has 2 aromatic heterocycles. The maximum absolute atomic E-state index is 12.0. The lowest BCUT2D eigenvalue weighted by atomic mass is 10.2. The normalized spacial score (nSPS) is 19.2. The minimum atomic E-state index is -0.325. The molecule has 3 rings (SSSR count). The van der Waals surface area contributed by atoms with Crippen LogP contribution < -0.4 is 15.8 Å². The van der Waals surface area contributed by atoms with Gasteiger partial charge < -0.3 is 19.7 Å². The van der Waals surface area contributed by atoms with Crippen molar-refractivity contribution in [2.24, 2.45) is 0 Å². The maximum atomic E-state index is 12.0. The first-order valence-electron chi connectivity index (χ1n) is 10.3. The summed E-state index contributed by atoms with van der Waals surface area (Å²) < 4.78 is 12.7. The number of hydrogen-bond acceptors (Lipinski definition) is 7. The van der Waals surface area contributed by atoms with Crippen molar-refractivity contribution in [3.05, 3.63) is 40.8 Å². The Labute approximate surface area is 176 Å². The van der Waals surface area contributed by atoms with Crippen molar-refractivity contribution >= 4 is 11.7 Å². The summed E-state index contributed by atoms with van der Waals surface area (Å²) in [5, 5.41) is 6.99. The van der Waals surface area contributed by atoms with E-state index in [2.05, 4.69) is 27.2 Å². The summed E-state index contributed by atoms with van der Waals surface area (Å²) in [6.45, 7) is 8.83. The predicted molar refractivity (Wildman–Crippen MR) is 113 cm³/mol. The average molecular weight is 415 g/mol. The number of rotatable bonds is 7. The number of pyridine rings is 1. The zero-order chi connectivity index (χ0) is 21.5. The molecule has 0 aromatic carbocycles. The van der Waals surface area contributed by atoms with Gasteiger partial charge in [-0.05, 0) is 39.0 Å². The third-order valence-corrected chi connectivity index (χ3v) is 4.89. The molecule has 1 aliphatic rings. The number of nitrogens with zero attached hydrogens (tertiary/aromatic N) is 4. The van der Waals surface area contributed by atoms with Crippen molar-refractivity contribution in [1.82, 2.24) is 20.1 Å². The molecule has 1 aliphatic heterocycles. The second-order valence-corrected chi connectivity index (χ2v) is 7.19. The number of hydrogen-bond donors (Lipinski definition) is 1. The van der Waals surface area contributed by atoms with Gasteiger partial charge in [-0.2, -0.15) is 5.10 Å². The van der Waals surface area contributed by atoms with E-state index in [9.17, 15) is 9.59 Å². The fraction of sp³-hybridized carbons (Fsp3) is 0.524. The first-order chi connectivity index (χ1) is 14.5. The highest BCUT2D eigenvalue weighted by Crippen LogP contribution is 2.21. The van der Waals surface area contributed by atoms with E-state index in [1.54, 1.807) is 12.3 Å². The van der Waals surface area contributed by atoms with Crippen molar-refractivity contribution in [1.29, 1.82) is 0 Å². The smallest absolute Gasteiger partial charge is 0.267 e. The quantitative estimate of drug-likeness (QED) is 0.722. The molecule has 9 heteroatoms. The number of aromatic nitrogens is 3. The zero-order valence-electron chi connectivity index (χ0n) is 17.7. The molecule has 0 radical (unpaired) electrons. The minimum Gasteiger partial charge on any atom is -0.377 e. The van der Waals surface area contributed by atoms with Crippen LogP contribution in [0, 0.1) is 0 Å². The van der Waals surface area contributed by atoms with Crippen LogP contribution in [0.5, 0.6) is 0 Å². The molecule has 2 unspecified atom stereocenters. The topological polar surface area (TPSA) is 98.6 Å². The number of amides is 1. The van der Waals surface area contributed by atoms with E-state index < -0.39 is 0 Å². The molecule has 1 amide bonds. The first kappa shape index (κ1) is 21.9. The summed E-state index contributed by atoms with van der Waals surface area (Å²) >= 11 is 0. The Morgan fingerprint density at radius 2 is 2.07 bits per heavy atom. The van der Waals surface area contributed by atoms with Crippen molar-refractivity contribution in [3.8, 4) is 11.3 Å². The Hall–Kier alpha value is -2.78. The lowest BCUT2D eigenvalue weighted by Crippen LogP contribution is -2.41. The van der Waals surface area contributed by atoms with E-state index in [0.717, 1.165) is 22.6 Å². The van der Waals surface area contributed by atoms with Crippen molar-refractivity contribution < 1.29 is 14.3 Å². The van der Waals surface area contributed by atoms with Gasteiger partial charge in [0.25, 0.3) is 5.56 Å². The van der Waals surface area contributed by atoms with E-state index in [0.29, 0.717) is 32.1 Å². The highest BCUT2D eigenvalue weighted by Gasteiger charge is 2.23. The second kappa shape index (κ2) is 10.3. The molecule has 1 N–H and O–H groups in total. The van der Waals surface area contributed by atoms with Crippen LogP contribution in [0.4, 0.5) is 5.82 Å². The van der Waals surface area contributed by atoms with Gasteiger partial charge in [0.05, 0.1) is 37.7 Å². The molecule has 0 spiro atoms. The van der Waals surface area contributed by atoms with E-state index in [1.165, 1.54) is 6.07 Å².